The van der Waals surface area contributed by atoms with Crippen molar-refractivity contribution in [2.24, 2.45) is 0 Å². The first kappa shape index (κ1) is 16.7. The number of amides is 1. The third-order valence-corrected chi connectivity index (χ3v) is 3.00. The third-order valence-electron chi connectivity index (χ3n) is 3.00. The predicted octanol–water partition coefficient (Wildman–Crippen LogP) is 1.64. The maximum Gasteiger partial charge on any atom is 0.326 e. The standard InChI is InChI=1S/C15H19NO5/c1-15(2,3)10-6-4-9(5-7-10)13(19)16-11(14(20)21)8-12(17)18/h4-7,11H,8H2,1-3H3,(H,16,19)(H,17,18)(H,20,21). The van der Waals surface area contributed by atoms with Gasteiger partial charge < -0.3 is 15.5 Å². The second-order valence-electron chi connectivity index (χ2n) is 5.79. The molecule has 6 nitrogen and oxygen atoms in total. The maximum atomic E-state index is 11.9. The highest BCUT2D eigenvalue weighted by Crippen LogP contribution is 2.22. The molecule has 0 spiro atoms. The van der Waals surface area contributed by atoms with Crippen LogP contribution >= 0.6 is 0 Å². The van der Waals surface area contributed by atoms with Crippen LogP contribution in [0.1, 0.15) is 43.1 Å². The van der Waals surface area contributed by atoms with E-state index in [0.717, 1.165) is 5.56 Å². The molecule has 114 valence electrons. The summed E-state index contributed by atoms with van der Waals surface area (Å²) in [6.07, 6.45) is -0.666. The van der Waals surface area contributed by atoms with Gasteiger partial charge in [0.2, 0.25) is 0 Å². The Morgan fingerprint density at radius 2 is 1.62 bits per heavy atom. The smallest absolute Gasteiger partial charge is 0.326 e. The van der Waals surface area contributed by atoms with Crippen LogP contribution in [0.5, 0.6) is 0 Å². The van der Waals surface area contributed by atoms with E-state index in [0.29, 0.717) is 5.56 Å². The Morgan fingerprint density at radius 1 is 1.10 bits per heavy atom. The fourth-order valence-corrected chi connectivity index (χ4v) is 1.74. The maximum absolute atomic E-state index is 11.9. The topological polar surface area (TPSA) is 104 Å². The van der Waals surface area contributed by atoms with Gasteiger partial charge in [0.25, 0.3) is 5.91 Å². The van der Waals surface area contributed by atoms with Crippen molar-refractivity contribution in [1.29, 1.82) is 0 Å². The van der Waals surface area contributed by atoms with Gasteiger partial charge in [0.1, 0.15) is 6.04 Å². The van der Waals surface area contributed by atoms with Gasteiger partial charge in [-0.15, -0.1) is 0 Å². The molecule has 0 aliphatic heterocycles. The second-order valence-corrected chi connectivity index (χ2v) is 5.79. The molecule has 1 atom stereocenters. The van der Waals surface area contributed by atoms with Crippen molar-refractivity contribution in [3.63, 3.8) is 0 Å². The highest BCUT2D eigenvalue weighted by atomic mass is 16.4. The molecule has 0 saturated carbocycles. The van der Waals surface area contributed by atoms with Crippen molar-refractivity contribution in [3.05, 3.63) is 35.4 Å². The number of carboxylic acid groups (broad SMARTS) is 2. The molecule has 0 aliphatic carbocycles. The lowest BCUT2D eigenvalue weighted by atomic mass is 9.86. The number of hydrogen-bond donors (Lipinski definition) is 3. The van der Waals surface area contributed by atoms with Crippen LogP contribution in [0.15, 0.2) is 24.3 Å². The molecule has 0 bridgehead atoms. The van der Waals surface area contributed by atoms with E-state index >= 15 is 0 Å². The molecule has 3 N–H and O–H groups in total. The molecular formula is C15H19NO5. The fraction of sp³-hybridized carbons (Fsp3) is 0.400. The van der Waals surface area contributed by atoms with Crippen LogP contribution in [-0.4, -0.2) is 34.1 Å². The Labute approximate surface area is 122 Å². The Kier molecular flexibility index (Phi) is 5.07. The number of carbonyl (C=O) groups is 3. The van der Waals surface area contributed by atoms with Gasteiger partial charge in [-0.05, 0) is 23.1 Å². The summed E-state index contributed by atoms with van der Waals surface area (Å²) in [6.45, 7) is 6.11. The van der Waals surface area contributed by atoms with E-state index in [1.807, 2.05) is 20.8 Å². The summed E-state index contributed by atoms with van der Waals surface area (Å²) in [7, 11) is 0. The van der Waals surface area contributed by atoms with Crippen molar-refractivity contribution >= 4 is 17.8 Å². The molecule has 1 aromatic rings. The normalized spacial score (nSPS) is 12.5. The molecule has 1 rings (SSSR count). The van der Waals surface area contributed by atoms with E-state index in [1.165, 1.54) is 0 Å². The summed E-state index contributed by atoms with van der Waals surface area (Å²) in [5.74, 6) is -3.27. The predicted molar refractivity (Wildman–Crippen MR) is 76.3 cm³/mol. The summed E-state index contributed by atoms with van der Waals surface area (Å²) < 4.78 is 0. The minimum atomic E-state index is -1.45. The highest BCUT2D eigenvalue weighted by Gasteiger charge is 2.23. The summed E-state index contributed by atoms with van der Waals surface area (Å²) in [6, 6.07) is 5.33. The summed E-state index contributed by atoms with van der Waals surface area (Å²) >= 11 is 0. The summed E-state index contributed by atoms with van der Waals surface area (Å²) in [4.78, 5) is 33.4. The number of nitrogens with one attached hydrogen (secondary N) is 1. The lowest BCUT2D eigenvalue weighted by Gasteiger charge is -2.19. The Morgan fingerprint density at radius 3 is 2.00 bits per heavy atom. The van der Waals surface area contributed by atoms with Crippen molar-refractivity contribution in [1.82, 2.24) is 5.32 Å². The third kappa shape index (κ3) is 4.91. The molecule has 1 aromatic carbocycles. The zero-order valence-corrected chi connectivity index (χ0v) is 12.2. The van der Waals surface area contributed by atoms with Gasteiger partial charge in [0.05, 0.1) is 6.42 Å². The minimum absolute atomic E-state index is 0.0537. The molecule has 0 aromatic heterocycles. The van der Waals surface area contributed by atoms with Crippen molar-refractivity contribution < 1.29 is 24.6 Å². The first-order chi connectivity index (χ1) is 9.61. The molecule has 0 saturated heterocycles. The van der Waals surface area contributed by atoms with E-state index in [1.54, 1.807) is 24.3 Å². The largest absolute Gasteiger partial charge is 0.481 e. The zero-order valence-electron chi connectivity index (χ0n) is 12.2. The average Bonchev–Trinajstić information content (AvgIpc) is 2.36. The van der Waals surface area contributed by atoms with Crippen LogP contribution in [-0.2, 0) is 15.0 Å². The zero-order chi connectivity index (χ0) is 16.2. The monoisotopic (exact) mass is 293 g/mol. The van der Waals surface area contributed by atoms with Gasteiger partial charge in [0, 0.05) is 5.56 Å². The van der Waals surface area contributed by atoms with E-state index in [4.69, 9.17) is 10.2 Å². The van der Waals surface area contributed by atoms with Gasteiger partial charge >= 0.3 is 11.9 Å². The number of rotatable bonds is 5. The van der Waals surface area contributed by atoms with E-state index in [-0.39, 0.29) is 5.41 Å². The Bertz CT molecular complexity index is 542. The first-order valence-electron chi connectivity index (χ1n) is 6.47. The lowest BCUT2D eigenvalue weighted by molar-refractivity contribution is -0.145. The van der Waals surface area contributed by atoms with Crippen LogP contribution in [0.25, 0.3) is 0 Å². The Hall–Kier alpha value is -2.37. The molecule has 6 heteroatoms. The highest BCUT2D eigenvalue weighted by molar-refractivity contribution is 5.97. The number of carbonyl (C=O) groups excluding carboxylic acids is 1. The summed E-state index contributed by atoms with van der Waals surface area (Å²) in [5, 5.41) is 19.7. The summed E-state index contributed by atoms with van der Waals surface area (Å²) in [5.41, 5.74) is 1.28. The van der Waals surface area contributed by atoms with Gasteiger partial charge in [-0.25, -0.2) is 4.79 Å². The van der Waals surface area contributed by atoms with Gasteiger partial charge in [-0.3, -0.25) is 9.59 Å². The molecule has 0 heterocycles. The van der Waals surface area contributed by atoms with E-state index in [9.17, 15) is 14.4 Å². The second kappa shape index (κ2) is 6.39. The van der Waals surface area contributed by atoms with Crippen molar-refractivity contribution in [3.8, 4) is 0 Å². The van der Waals surface area contributed by atoms with E-state index < -0.39 is 30.3 Å². The number of carboxylic acids is 2. The lowest BCUT2D eigenvalue weighted by Crippen LogP contribution is -2.42. The first-order valence-corrected chi connectivity index (χ1v) is 6.47. The molecule has 0 aliphatic rings. The van der Waals surface area contributed by atoms with E-state index in [2.05, 4.69) is 5.32 Å². The number of aliphatic carboxylic acids is 2. The van der Waals surface area contributed by atoms with Gasteiger partial charge in [-0.1, -0.05) is 32.9 Å². The van der Waals surface area contributed by atoms with Crippen LogP contribution in [0, 0.1) is 0 Å². The van der Waals surface area contributed by atoms with Crippen molar-refractivity contribution in [2.75, 3.05) is 0 Å². The molecule has 0 fully saturated rings. The molecule has 0 radical (unpaired) electrons. The molecule has 1 amide bonds. The SMILES string of the molecule is CC(C)(C)c1ccc(C(=O)NC(CC(=O)O)C(=O)O)cc1. The molecule has 1 unspecified atom stereocenters. The average molecular weight is 293 g/mol. The van der Waals surface area contributed by atoms with Crippen LogP contribution in [0.4, 0.5) is 0 Å². The number of hydrogen-bond acceptors (Lipinski definition) is 3. The van der Waals surface area contributed by atoms with Gasteiger partial charge in [0.15, 0.2) is 0 Å². The van der Waals surface area contributed by atoms with Gasteiger partial charge in [-0.2, -0.15) is 0 Å². The van der Waals surface area contributed by atoms with Crippen LogP contribution in [0.2, 0.25) is 0 Å². The van der Waals surface area contributed by atoms with Crippen molar-refractivity contribution in [2.45, 2.75) is 38.6 Å². The van der Waals surface area contributed by atoms with Crippen LogP contribution in [0.3, 0.4) is 0 Å². The minimum Gasteiger partial charge on any atom is -0.481 e. The molecule has 21 heavy (non-hydrogen) atoms. The van der Waals surface area contributed by atoms with Crippen LogP contribution < -0.4 is 5.32 Å². The molecular weight excluding hydrogens is 274 g/mol. The fourth-order valence-electron chi connectivity index (χ4n) is 1.74. The Balaban J connectivity index is 2.83. The quantitative estimate of drug-likeness (QED) is 0.765. The number of benzene rings is 1.